The van der Waals surface area contributed by atoms with Gasteiger partial charge in [-0.1, -0.05) is 0 Å². The van der Waals surface area contributed by atoms with Crippen LogP contribution < -0.4 is 10.6 Å². The van der Waals surface area contributed by atoms with E-state index in [0.29, 0.717) is 6.54 Å². The van der Waals surface area contributed by atoms with Gasteiger partial charge in [0.15, 0.2) is 0 Å². The van der Waals surface area contributed by atoms with Gasteiger partial charge in [-0.15, -0.1) is 0 Å². The summed E-state index contributed by atoms with van der Waals surface area (Å²) in [7, 11) is 0. The zero-order chi connectivity index (χ0) is 10.6. The average molecular weight is 202 g/mol. The summed E-state index contributed by atoms with van der Waals surface area (Å²) >= 11 is 0. The van der Waals surface area contributed by atoms with Crippen LogP contribution in [0, 0.1) is 5.92 Å². The average Bonchev–Trinajstić information content (AvgIpc) is 2.67. The van der Waals surface area contributed by atoms with E-state index in [2.05, 4.69) is 10.6 Å². The van der Waals surface area contributed by atoms with Crippen molar-refractivity contribution in [1.29, 1.82) is 0 Å². The largest absolute Gasteiger partial charge is 0.393 e. The lowest BCUT2D eigenvalue weighted by Crippen LogP contribution is -2.45. The molecule has 0 aromatic rings. The standard InChI is InChI=1S/C9H18N2O3/c1-9(14,6-12)5-11-8(13)7-2-3-10-4-7/h7,10,12,14H,2-6H2,1H3,(H,11,13). The van der Waals surface area contributed by atoms with E-state index < -0.39 is 5.60 Å². The molecule has 0 aliphatic carbocycles. The zero-order valence-electron chi connectivity index (χ0n) is 8.42. The fourth-order valence-corrected chi connectivity index (χ4v) is 1.36. The predicted octanol–water partition coefficient (Wildman–Crippen LogP) is -1.54. The van der Waals surface area contributed by atoms with Crippen LogP contribution in [-0.2, 0) is 4.79 Å². The molecular weight excluding hydrogens is 184 g/mol. The van der Waals surface area contributed by atoms with Crippen LogP contribution in [0.2, 0.25) is 0 Å². The molecule has 14 heavy (non-hydrogen) atoms. The molecule has 82 valence electrons. The van der Waals surface area contributed by atoms with E-state index in [0.717, 1.165) is 13.0 Å². The van der Waals surface area contributed by atoms with Crippen LogP contribution >= 0.6 is 0 Å². The number of nitrogens with one attached hydrogen (secondary N) is 2. The minimum atomic E-state index is -1.22. The summed E-state index contributed by atoms with van der Waals surface area (Å²) in [5.41, 5.74) is -1.22. The van der Waals surface area contributed by atoms with Crippen molar-refractivity contribution >= 4 is 5.91 Å². The molecule has 5 nitrogen and oxygen atoms in total. The molecule has 1 rings (SSSR count). The van der Waals surface area contributed by atoms with Gasteiger partial charge in [0.25, 0.3) is 0 Å². The van der Waals surface area contributed by atoms with Crippen LogP contribution in [0.25, 0.3) is 0 Å². The lowest BCUT2D eigenvalue weighted by molar-refractivity contribution is -0.125. The highest BCUT2D eigenvalue weighted by Gasteiger charge is 2.25. The molecule has 1 saturated heterocycles. The molecule has 1 aliphatic rings. The van der Waals surface area contributed by atoms with Gasteiger partial charge in [0.2, 0.25) is 5.91 Å². The Morgan fingerprint density at radius 1 is 1.71 bits per heavy atom. The molecule has 1 amide bonds. The Labute approximate surface area is 83.5 Å². The van der Waals surface area contributed by atoms with Gasteiger partial charge in [-0.25, -0.2) is 0 Å². The third kappa shape index (κ3) is 3.25. The Hall–Kier alpha value is -0.650. The summed E-state index contributed by atoms with van der Waals surface area (Å²) < 4.78 is 0. The van der Waals surface area contributed by atoms with Crippen molar-refractivity contribution in [2.24, 2.45) is 5.92 Å². The Kier molecular flexibility index (Phi) is 3.86. The molecule has 4 N–H and O–H groups in total. The van der Waals surface area contributed by atoms with Crippen LogP contribution in [0.15, 0.2) is 0 Å². The molecule has 1 heterocycles. The molecule has 0 radical (unpaired) electrons. The van der Waals surface area contributed by atoms with E-state index in [-0.39, 0.29) is 25.0 Å². The van der Waals surface area contributed by atoms with Gasteiger partial charge in [-0.2, -0.15) is 0 Å². The van der Waals surface area contributed by atoms with E-state index in [1.807, 2.05) is 0 Å². The lowest BCUT2D eigenvalue weighted by atomic mass is 10.1. The molecule has 0 aromatic carbocycles. The van der Waals surface area contributed by atoms with Crippen molar-refractivity contribution in [3.05, 3.63) is 0 Å². The maximum absolute atomic E-state index is 11.5. The Bertz CT molecular complexity index is 200. The molecule has 1 fully saturated rings. The summed E-state index contributed by atoms with van der Waals surface area (Å²) in [5, 5.41) is 23.9. The molecule has 0 bridgehead atoms. The van der Waals surface area contributed by atoms with Gasteiger partial charge < -0.3 is 20.8 Å². The number of hydrogen-bond acceptors (Lipinski definition) is 4. The topological polar surface area (TPSA) is 81.6 Å². The number of carbonyl (C=O) groups is 1. The number of hydrogen-bond donors (Lipinski definition) is 4. The zero-order valence-corrected chi connectivity index (χ0v) is 8.42. The monoisotopic (exact) mass is 202 g/mol. The second kappa shape index (κ2) is 4.72. The van der Waals surface area contributed by atoms with E-state index in [4.69, 9.17) is 5.11 Å². The maximum Gasteiger partial charge on any atom is 0.224 e. The van der Waals surface area contributed by atoms with Crippen LogP contribution in [0.5, 0.6) is 0 Å². The van der Waals surface area contributed by atoms with Gasteiger partial charge >= 0.3 is 0 Å². The van der Waals surface area contributed by atoms with Crippen LogP contribution in [0.1, 0.15) is 13.3 Å². The molecule has 0 aromatic heterocycles. The Morgan fingerprint density at radius 3 is 2.93 bits per heavy atom. The Morgan fingerprint density at radius 2 is 2.43 bits per heavy atom. The number of aliphatic hydroxyl groups excluding tert-OH is 1. The van der Waals surface area contributed by atoms with Crippen molar-refractivity contribution in [2.75, 3.05) is 26.2 Å². The smallest absolute Gasteiger partial charge is 0.224 e. The minimum absolute atomic E-state index is 0.00416. The van der Waals surface area contributed by atoms with Gasteiger partial charge in [0, 0.05) is 13.1 Å². The molecule has 0 spiro atoms. The fourth-order valence-electron chi connectivity index (χ4n) is 1.36. The second-order valence-corrected chi connectivity index (χ2v) is 4.06. The van der Waals surface area contributed by atoms with E-state index >= 15 is 0 Å². The van der Waals surface area contributed by atoms with Gasteiger partial charge in [-0.05, 0) is 19.9 Å². The van der Waals surface area contributed by atoms with Crippen LogP contribution in [-0.4, -0.2) is 48.0 Å². The number of aliphatic hydroxyl groups is 2. The van der Waals surface area contributed by atoms with E-state index in [9.17, 15) is 9.90 Å². The third-order valence-electron chi connectivity index (χ3n) is 2.42. The second-order valence-electron chi connectivity index (χ2n) is 4.06. The highest BCUT2D eigenvalue weighted by molar-refractivity contribution is 5.79. The number of carbonyl (C=O) groups excluding carboxylic acids is 1. The third-order valence-corrected chi connectivity index (χ3v) is 2.42. The van der Waals surface area contributed by atoms with Crippen LogP contribution in [0.4, 0.5) is 0 Å². The van der Waals surface area contributed by atoms with Crippen LogP contribution in [0.3, 0.4) is 0 Å². The summed E-state index contributed by atoms with van der Waals surface area (Å²) in [5.74, 6) is -0.0479. The van der Waals surface area contributed by atoms with Crippen molar-refractivity contribution in [3.8, 4) is 0 Å². The minimum Gasteiger partial charge on any atom is -0.393 e. The van der Waals surface area contributed by atoms with Gasteiger partial charge in [0.1, 0.15) is 5.60 Å². The molecule has 5 heteroatoms. The first-order valence-electron chi connectivity index (χ1n) is 4.87. The first-order chi connectivity index (χ1) is 6.55. The molecule has 2 unspecified atom stereocenters. The lowest BCUT2D eigenvalue weighted by Gasteiger charge is -2.21. The SMILES string of the molecule is CC(O)(CO)CNC(=O)C1CCNC1. The predicted molar refractivity (Wildman–Crippen MR) is 51.7 cm³/mol. The first-order valence-corrected chi connectivity index (χ1v) is 4.87. The van der Waals surface area contributed by atoms with Crippen molar-refractivity contribution < 1.29 is 15.0 Å². The van der Waals surface area contributed by atoms with Gasteiger partial charge in [0.05, 0.1) is 12.5 Å². The molecular formula is C9H18N2O3. The summed E-state index contributed by atoms with van der Waals surface area (Å²) in [6, 6.07) is 0. The molecule has 0 saturated carbocycles. The van der Waals surface area contributed by atoms with Crippen molar-refractivity contribution in [3.63, 3.8) is 0 Å². The van der Waals surface area contributed by atoms with Crippen molar-refractivity contribution in [1.82, 2.24) is 10.6 Å². The Balaban J connectivity index is 2.27. The maximum atomic E-state index is 11.5. The highest BCUT2D eigenvalue weighted by atomic mass is 16.3. The molecule has 1 aliphatic heterocycles. The van der Waals surface area contributed by atoms with Gasteiger partial charge in [-0.3, -0.25) is 4.79 Å². The summed E-state index contributed by atoms with van der Waals surface area (Å²) in [6.07, 6.45) is 0.840. The highest BCUT2D eigenvalue weighted by Crippen LogP contribution is 2.07. The number of amides is 1. The first kappa shape index (κ1) is 11.4. The summed E-state index contributed by atoms with van der Waals surface area (Å²) in [4.78, 5) is 11.5. The van der Waals surface area contributed by atoms with E-state index in [1.54, 1.807) is 0 Å². The quantitative estimate of drug-likeness (QED) is 0.445. The van der Waals surface area contributed by atoms with Crippen molar-refractivity contribution in [2.45, 2.75) is 18.9 Å². The number of rotatable bonds is 4. The normalized spacial score (nSPS) is 25.8. The fraction of sp³-hybridized carbons (Fsp3) is 0.889. The molecule has 2 atom stereocenters. The summed E-state index contributed by atoms with van der Waals surface area (Å²) in [6.45, 7) is 2.80. The van der Waals surface area contributed by atoms with E-state index in [1.165, 1.54) is 6.92 Å².